The van der Waals surface area contributed by atoms with Crippen LogP contribution < -0.4 is 16.4 Å². The molecule has 1 atom stereocenters. The lowest BCUT2D eigenvalue weighted by molar-refractivity contribution is -0.123. The molecule has 29 heavy (non-hydrogen) atoms. The number of carbonyl (C=O) groups is 2. The molecule has 0 spiro atoms. The average molecular weight is 391 g/mol. The summed E-state index contributed by atoms with van der Waals surface area (Å²) in [6.45, 7) is 4.05. The van der Waals surface area contributed by atoms with Crippen LogP contribution in [0.3, 0.4) is 0 Å². The summed E-state index contributed by atoms with van der Waals surface area (Å²) < 4.78 is 0. The minimum Gasteiger partial charge on any atom is -0.384 e. The molecule has 3 rings (SSSR count). The summed E-state index contributed by atoms with van der Waals surface area (Å²) in [6, 6.07) is 14.3. The number of hydrogen-bond donors (Lipinski definition) is 4. The van der Waals surface area contributed by atoms with E-state index in [4.69, 9.17) is 5.73 Å². The number of carbonyl (C=O) groups excluding carboxylic acids is 2. The van der Waals surface area contributed by atoms with E-state index >= 15 is 0 Å². The van der Waals surface area contributed by atoms with Crippen molar-refractivity contribution in [3.05, 3.63) is 82.8 Å². The molecule has 0 aliphatic carbocycles. The molecule has 7 heteroatoms. The Labute approximate surface area is 169 Å². The van der Waals surface area contributed by atoms with E-state index in [1.165, 1.54) is 0 Å². The molecule has 1 aromatic carbocycles. The van der Waals surface area contributed by atoms with Crippen LogP contribution in [0.25, 0.3) is 0 Å². The van der Waals surface area contributed by atoms with Crippen LogP contribution in [0.5, 0.6) is 0 Å². The Morgan fingerprint density at radius 2 is 1.86 bits per heavy atom. The Balaban J connectivity index is 1.72. The van der Waals surface area contributed by atoms with Gasteiger partial charge in [-0.3, -0.25) is 9.59 Å². The zero-order valence-corrected chi connectivity index (χ0v) is 16.5. The Hall–Kier alpha value is -3.61. The van der Waals surface area contributed by atoms with Crippen molar-refractivity contribution in [3.63, 3.8) is 0 Å². The molecule has 0 saturated heterocycles. The lowest BCUT2D eigenvalue weighted by Gasteiger charge is -2.19. The van der Waals surface area contributed by atoms with Gasteiger partial charge in [-0.05, 0) is 42.7 Å². The Morgan fingerprint density at radius 1 is 1.10 bits per heavy atom. The number of rotatable bonds is 7. The fourth-order valence-corrected chi connectivity index (χ4v) is 3.11. The second-order valence-electron chi connectivity index (χ2n) is 7.04. The molecule has 0 unspecified atom stereocenters. The van der Waals surface area contributed by atoms with Gasteiger partial charge in [-0.1, -0.05) is 36.4 Å². The summed E-state index contributed by atoms with van der Waals surface area (Å²) in [5.41, 5.74) is 9.58. The van der Waals surface area contributed by atoms with Gasteiger partial charge < -0.3 is 21.4 Å². The van der Waals surface area contributed by atoms with Gasteiger partial charge in [0.05, 0.1) is 0 Å². The minimum atomic E-state index is -0.713. The molecule has 2 amide bonds. The first-order chi connectivity index (χ1) is 13.9. The lowest BCUT2D eigenvalue weighted by Crippen LogP contribution is -2.48. The summed E-state index contributed by atoms with van der Waals surface area (Å²) in [5.74, 6) is -0.147. The summed E-state index contributed by atoms with van der Waals surface area (Å²) in [7, 11) is 0. The van der Waals surface area contributed by atoms with E-state index in [0.717, 1.165) is 22.4 Å². The van der Waals surface area contributed by atoms with Gasteiger partial charge in [0, 0.05) is 24.9 Å². The fraction of sp³-hybridized carbons (Fsp3) is 0.227. The molecule has 2 heterocycles. The molecular weight excluding hydrogens is 366 g/mol. The molecule has 3 aromatic rings. The maximum atomic E-state index is 12.9. The first-order valence-electron chi connectivity index (χ1n) is 9.41. The SMILES string of the molecule is Cc1cc(C)c(C(=O)N[C@@H](Cc2ccccc2)C(=O)NCc2ccc(N)nc2)[nH]1. The number of nitrogen functional groups attached to an aromatic ring is 1. The van der Waals surface area contributed by atoms with Crippen LogP contribution in [0.2, 0.25) is 0 Å². The van der Waals surface area contributed by atoms with E-state index in [-0.39, 0.29) is 11.8 Å². The number of H-pyrrole nitrogens is 1. The van der Waals surface area contributed by atoms with Gasteiger partial charge in [0.2, 0.25) is 5.91 Å². The van der Waals surface area contributed by atoms with Crippen molar-refractivity contribution in [1.29, 1.82) is 0 Å². The number of pyridine rings is 1. The maximum Gasteiger partial charge on any atom is 0.268 e. The Bertz CT molecular complexity index is 980. The van der Waals surface area contributed by atoms with Gasteiger partial charge in [0.1, 0.15) is 17.6 Å². The number of hydrogen-bond acceptors (Lipinski definition) is 4. The highest BCUT2D eigenvalue weighted by molar-refractivity contribution is 5.97. The van der Waals surface area contributed by atoms with Crippen LogP contribution in [-0.4, -0.2) is 27.8 Å². The van der Waals surface area contributed by atoms with E-state index in [1.54, 1.807) is 18.3 Å². The van der Waals surface area contributed by atoms with Crippen molar-refractivity contribution in [1.82, 2.24) is 20.6 Å². The highest BCUT2D eigenvalue weighted by Crippen LogP contribution is 2.11. The largest absolute Gasteiger partial charge is 0.384 e. The predicted molar refractivity (Wildman–Crippen MR) is 112 cm³/mol. The molecule has 0 radical (unpaired) electrons. The molecule has 0 aliphatic rings. The first kappa shape index (κ1) is 20.1. The number of nitrogens with two attached hydrogens (primary N) is 1. The summed E-state index contributed by atoms with van der Waals surface area (Å²) in [4.78, 5) is 32.7. The number of amides is 2. The minimum absolute atomic E-state index is 0.264. The molecule has 5 N–H and O–H groups in total. The Kier molecular flexibility index (Phi) is 6.29. The standard InChI is InChI=1S/C22H25N5O2/c1-14-10-15(2)26-20(14)22(29)27-18(11-16-6-4-3-5-7-16)21(28)25-13-17-8-9-19(23)24-12-17/h3-10,12,18,26H,11,13H2,1-2H3,(H2,23,24)(H,25,28)(H,27,29)/t18-/m0/s1. The third kappa shape index (κ3) is 5.44. The van der Waals surface area contributed by atoms with Gasteiger partial charge in [-0.15, -0.1) is 0 Å². The number of aromatic amines is 1. The normalized spacial score (nSPS) is 11.7. The zero-order valence-electron chi connectivity index (χ0n) is 16.5. The van der Waals surface area contributed by atoms with Crippen molar-refractivity contribution in [2.24, 2.45) is 0 Å². The quantitative estimate of drug-likeness (QED) is 0.495. The molecule has 0 aliphatic heterocycles. The Morgan fingerprint density at radius 3 is 2.48 bits per heavy atom. The number of nitrogens with one attached hydrogen (secondary N) is 3. The van der Waals surface area contributed by atoms with E-state index in [0.29, 0.717) is 24.5 Å². The monoisotopic (exact) mass is 391 g/mol. The molecular formula is C22H25N5O2. The number of benzene rings is 1. The van der Waals surface area contributed by atoms with Crippen LogP contribution in [0, 0.1) is 13.8 Å². The maximum absolute atomic E-state index is 12.9. The van der Waals surface area contributed by atoms with Crippen LogP contribution in [0.4, 0.5) is 5.82 Å². The molecule has 150 valence electrons. The van der Waals surface area contributed by atoms with Crippen LogP contribution in [-0.2, 0) is 17.8 Å². The zero-order chi connectivity index (χ0) is 20.8. The van der Waals surface area contributed by atoms with E-state index < -0.39 is 6.04 Å². The molecule has 0 saturated carbocycles. The highest BCUT2D eigenvalue weighted by atomic mass is 16.2. The van der Waals surface area contributed by atoms with Crippen molar-refractivity contribution in [3.8, 4) is 0 Å². The van der Waals surface area contributed by atoms with Crippen LogP contribution >= 0.6 is 0 Å². The van der Waals surface area contributed by atoms with Gasteiger partial charge in [-0.2, -0.15) is 0 Å². The van der Waals surface area contributed by atoms with Crippen LogP contribution in [0.15, 0.2) is 54.7 Å². The second kappa shape index (κ2) is 9.05. The average Bonchev–Trinajstić information content (AvgIpc) is 3.05. The third-order valence-corrected chi connectivity index (χ3v) is 4.60. The van der Waals surface area contributed by atoms with E-state index in [2.05, 4.69) is 20.6 Å². The van der Waals surface area contributed by atoms with Crippen molar-refractivity contribution < 1.29 is 9.59 Å². The molecule has 2 aromatic heterocycles. The second-order valence-corrected chi connectivity index (χ2v) is 7.04. The summed E-state index contributed by atoms with van der Waals surface area (Å²) in [6.07, 6.45) is 2.00. The van der Waals surface area contributed by atoms with Crippen molar-refractivity contribution >= 4 is 17.6 Å². The number of aromatic nitrogens is 2. The van der Waals surface area contributed by atoms with Gasteiger partial charge in [-0.25, -0.2) is 4.98 Å². The fourth-order valence-electron chi connectivity index (χ4n) is 3.11. The van der Waals surface area contributed by atoms with Crippen molar-refractivity contribution in [2.45, 2.75) is 32.9 Å². The summed E-state index contributed by atoms with van der Waals surface area (Å²) in [5, 5.41) is 5.73. The molecule has 0 fully saturated rings. The third-order valence-electron chi connectivity index (χ3n) is 4.60. The number of nitrogens with zero attached hydrogens (tertiary/aromatic N) is 1. The molecule has 7 nitrogen and oxygen atoms in total. The number of anilines is 1. The van der Waals surface area contributed by atoms with Crippen LogP contribution in [0.1, 0.15) is 32.9 Å². The topological polar surface area (TPSA) is 113 Å². The van der Waals surface area contributed by atoms with Gasteiger partial charge in [0.15, 0.2) is 0 Å². The van der Waals surface area contributed by atoms with E-state index in [9.17, 15) is 9.59 Å². The first-order valence-corrected chi connectivity index (χ1v) is 9.41. The highest BCUT2D eigenvalue weighted by Gasteiger charge is 2.23. The number of aryl methyl sites for hydroxylation is 2. The van der Waals surface area contributed by atoms with Crippen molar-refractivity contribution in [2.75, 3.05) is 5.73 Å². The summed E-state index contributed by atoms with van der Waals surface area (Å²) >= 11 is 0. The van der Waals surface area contributed by atoms with E-state index in [1.807, 2.05) is 50.2 Å². The molecule has 0 bridgehead atoms. The predicted octanol–water partition coefficient (Wildman–Crippen LogP) is 2.27. The van der Waals surface area contributed by atoms with Gasteiger partial charge >= 0.3 is 0 Å². The van der Waals surface area contributed by atoms with Gasteiger partial charge in [0.25, 0.3) is 5.91 Å². The smallest absolute Gasteiger partial charge is 0.268 e. The lowest BCUT2D eigenvalue weighted by atomic mass is 10.0.